The molecule has 0 spiro atoms. The van der Waals surface area contributed by atoms with Gasteiger partial charge in [0.25, 0.3) is 5.79 Å². The SMILES string of the molecule is CNc1ccc(C2(C)OC=CO2)s1. The molecule has 2 heterocycles. The third-order valence-electron chi connectivity index (χ3n) is 1.94. The van der Waals surface area contributed by atoms with E-state index in [4.69, 9.17) is 9.47 Å². The Bertz CT molecular complexity index is 324. The number of thiophene rings is 1. The van der Waals surface area contributed by atoms with Gasteiger partial charge in [-0.1, -0.05) is 0 Å². The smallest absolute Gasteiger partial charge is 0.283 e. The second kappa shape index (κ2) is 2.96. The van der Waals surface area contributed by atoms with Gasteiger partial charge in [-0.2, -0.15) is 0 Å². The Morgan fingerprint density at radius 2 is 2.00 bits per heavy atom. The molecule has 0 fully saturated rings. The number of rotatable bonds is 2. The van der Waals surface area contributed by atoms with Crippen molar-refractivity contribution in [2.75, 3.05) is 12.4 Å². The molecule has 1 aliphatic heterocycles. The van der Waals surface area contributed by atoms with Gasteiger partial charge in [0.15, 0.2) is 0 Å². The summed E-state index contributed by atoms with van der Waals surface area (Å²) in [5.41, 5.74) is 0. The van der Waals surface area contributed by atoms with Gasteiger partial charge < -0.3 is 14.8 Å². The van der Waals surface area contributed by atoms with Crippen LogP contribution in [0.15, 0.2) is 24.7 Å². The van der Waals surface area contributed by atoms with Crippen LogP contribution in [0.1, 0.15) is 11.8 Å². The zero-order valence-electron chi connectivity index (χ0n) is 7.53. The third-order valence-corrected chi connectivity index (χ3v) is 3.23. The molecule has 0 bridgehead atoms. The van der Waals surface area contributed by atoms with E-state index in [1.807, 2.05) is 26.1 Å². The summed E-state index contributed by atoms with van der Waals surface area (Å²) in [6.45, 7) is 1.90. The molecular weight excluding hydrogens is 186 g/mol. The summed E-state index contributed by atoms with van der Waals surface area (Å²) in [4.78, 5) is 1.06. The molecule has 4 heteroatoms. The summed E-state index contributed by atoms with van der Waals surface area (Å²) in [5, 5.41) is 4.18. The fourth-order valence-electron chi connectivity index (χ4n) is 1.18. The number of anilines is 1. The fraction of sp³-hybridized carbons (Fsp3) is 0.333. The first-order chi connectivity index (χ1) is 6.24. The molecule has 0 radical (unpaired) electrons. The van der Waals surface area contributed by atoms with Gasteiger partial charge in [0.1, 0.15) is 12.5 Å². The summed E-state index contributed by atoms with van der Waals surface area (Å²) in [5.74, 6) is -0.625. The van der Waals surface area contributed by atoms with Crippen molar-refractivity contribution >= 4 is 16.3 Å². The highest BCUT2D eigenvalue weighted by molar-refractivity contribution is 7.16. The van der Waals surface area contributed by atoms with Crippen LogP contribution in [0.4, 0.5) is 5.00 Å². The van der Waals surface area contributed by atoms with Gasteiger partial charge in [-0.3, -0.25) is 0 Å². The molecule has 70 valence electrons. The Morgan fingerprint density at radius 3 is 2.54 bits per heavy atom. The maximum absolute atomic E-state index is 5.36. The van der Waals surface area contributed by atoms with Crippen molar-refractivity contribution in [2.24, 2.45) is 0 Å². The highest BCUT2D eigenvalue weighted by Crippen LogP contribution is 2.37. The van der Waals surface area contributed by atoms with Crippen LogP contribution in [0.25, 0.3) is 0 Å². The van der Waals surface area contributed by atoms with Gasteiger partial charge in [0.2, 0.25) is 0 Å². The molecule has 1 aliphatic rings. The van der Waals surface area contributed by atoms with Crippen LogP contribution in [0.2, 0.25) is 0 Å². The number of nitrogens with one attached hydrogen (secondary N) is 1. The maximum atomic E-state index is 5.36. The zero-order chi connectivity index (χ0) is 9.31. The van der Waals surface area contributed by atoms with E-state index in [1.54, 1.807) is 23.9 Å². The second-order valence-corrected chi connectivity index (χ2v) is 3.95. The van der Waals surface area contributed by atoms with E-state index in [0.29, 0.717) is 0 Å². The minimum atomic E-state index is -0.625. The Hall–Kier alpha value is -1.16. The first-order valence-corrected chi connectivity index (χ1v) is 4.85. The molecule has 0 saturated heterocycles. The van der Waals surface area contributed by atoms with Crippen molar-refractivity contribution in [3.8, 4) is 0 Å². The van der Waals surface area contributed by atoms with E-state index >= 15 is 0 Å². The first-order valence-electron chi connectivity index (χ1n) is 4.03. The lowest BCUT2D eigenvalue weighted by Crippen LogP contribution is -2.20. The monoisotopic (exact) mass is 197 g/mol. The molecule has 13 heavy (non-hydrogen) atoms. The van der Waals surface area contributed by atoms with Crippen molar-refractivity contribution in [2.45, 2.75) is 12.7 Å². The van der Waals surface area contributed by atoms with Crippen molar-refractivity contribution in [1.29, 1.82) is 0 Å². The molecule has 0 aromatic carbocycles. The van der Waals surface area contributed by atoms with Gasteiger partial charge in [0.05, 0.1) is 9.88 Å². The van der Waals surface area contributed by atoms with Gasteiger partial charge in [-0.05, 0) is 12.1 Å². The minimum absolute atomic E-state index is 0.625. The van der Waals surface area contributed by atoms with E-state index in [1.165, 1.54) is 0 Å². The zero-order valence-corrected chi connectivity index (χ0v) is 8.35. The average molecular weight is 197 g/mol. The standard InChI is InChI=1S/C9H11NO2S/c1-9(11-5-6-12-9)7-3-4-8(10-2)13-7/h3-6,10H,1-2H3. The predicted octanol–water partition coefficient (Wildman–Crippen LogP) is 2.48. The Labute approximate surface area is 81.0 Å². The number of hydrogen-bond acceptors (Lipinski definition) is 4. The highest BCUT2D eigenvalue weighted by atomic mass is 32.1. The Balaban J connectivity index is 2.24. The van der Waals surface area contributed by atoms with E-state index in [2.05, 4.69) is 5.32 Å². The molecule has 0 amide bonds. The van der Waals surface area contributed by atoms with Crippen LogP contribution in [0.3, 0.4) is 0 Å². The van der Waals surface area contributed by atoms with E-state index < -0.39 is 5.79 Å². The average Bonchev–Trinajstić information content (AvgIpc) is 2.72. The van der Waals surface area contributed by atoms with Crippen LogP contribution < -0.4 is 5.32 Å². The molecular formula is C9H11NO2S. The Kier molecular flexibility index (Phi) is 1.92. The normalized spacial score (nSPS) is 18.0. The minimum Gasteiger partial charge on any atom is -0.452 e. The Morgan fingerprint density at radius 1 is 1.31 bits per heavy atom. The van der Waals surface area contributed by atoms with Crippen molar-refractivity contribution in [1.82, 2.24) is 0 Å². The lowest BCUT2D eigenvalue weighted by molar-refractivity contribution is -0.130. The summed E-state index contributed by atoms with van der Waals surface area (Å²) in [6.07, 6.45) is 3.14. The molecule has 0 aliphatic carbocycles. The molecule has 1 aromatic heterocycles. The molecule has 3 nitrogen and oxygen atoms in total. The van der Waals surface area contributed by atoms with Crippen LogP contribution in [-0.2, 0) is 15.3 Å². The summed E-state index contributed by atoms with van der Waals surface area (Å²) in [7, 11) is 1.90. The third kappa shape index (κ3) is 1.37. The quantitative estimate of drug-likeness (QED) is 0.790. The molecule has 1 aromatic rings. The lowest BCUT2D eigenvalue weighted by Gasteiger charge is -2.20. The maximum Gasteiger partial charge on any atom is 0.283 e. The molecule has 2 rings (SSSR count). The lowest BCUT2D eigenvalue weighted by atomic mass is 10.2. The summed E-state index contributed by atoms with van der Waals surface area (Å²) in [6, 6.07) is 4.01. The number of ether oxygens (including phenoxy) is 2. The summed E-state index contributed by atoms with van der Waals surface area (Å²) >= 11 is 1.63. The molecule has 1 N–H and O–H groups in total. The van der Waals surface area contributed by atoms with Crippen molar-refractivity contribution in [3.63, 3.8) is 0 Å². The molecule has 0 saturated carbocycles. The van der Waals surface area contributed by atoms with Gasteiger partial charge >= 0.3 is 0 Å². The predicted molar refractivity (Wildman–Crippen MR) is 52.5 cm³/mol. The van der Waals surface area contributed by atoms with E-state index in [9.17, 15) is 0 Å². The van der Waals surface area contributed by atoms with Gasteiger partial charge in [-0.15, -0.1) is 11.3 Å². The van der Waals surface area contributed by atoms with Crippen LogP contribution in [-0.4, -0.2) is 7.05 Å². The van der Waals surface area contributed by atoms with Gasteiger partial charge in [0, 0.05) is 14.0 Å². The second-order valence-electron chi connectivity index (χ2n) is 2.87. The summed E-state index contributed by atoms with van der Waals surface area (Å²) < 4.78 is 10.7. The first kappa shape index (κ1) is 8.44. The van der Waals surface area contributed by atoms with Crippen LogP contribution in [0, 0.1) is 0 Å². The molecule has 0 atom stereocenters. The van der Waals surface area contributed by atoms with Gasteiger partial charge in [-0.25, -0.2) is 0 Å². The van der Waals surface area contributed by atoms with E-state index in [0.717, 1.165) is 9.88 Å². The van der Waals surface area contributed by atoms with E-state index in [-0.39, 0.29) is 0 Å². The molecule has 0 unspecified atom stereocenters. The largest absolute Gasteiger partial charge is 0.452 e. The van der Waals surface area contributed by atoms with Crippen LogP contribution in [0.5, 0.6) is 0 Å². The fourth-order valence-corrected chi connectivity index (χ4v) is 2.07. The van der Waals surface area contributed by atoms with Crippen molar-refractivity contribution in [3.05, 3.63) is 29.5 Å². The highest BCUT2D eigenvalue weighted by Gasteiger charge is 2.33. The van der Waals surface area contributed by atoms with Crippen molar-refractivity contribution < 1.29 is 9.47 Å². The van der Waals surface area contributed by atoms with Crippen LogP contribution >= 0.6 is 11.3 Å². The topological polar surface area (TPSA) is 30.5 Å². The number of hydrogen-bond donors (Lipinski definition) is 1.